The molecule has 0 saturated carbocycles. The van der Waals surface area contributed by atoms with Gasteiger partial charge in [0.1, 0.15) is 5.52 Å². The summed E-state index contributed by atoms with van der Waals surface area (Å²) < 4.78 is 13.4. The summed E-state index contributed by atoms with van der Waals surface area (Å²) in [6.45, 7) is 1.76. The lowest BCUT2D eigenvalue weighted by atomic mass is 10.2. The fraction of sp³-hybridized carbons (Fsp3) is 0.100. The molecule has 0 atom stereocenters. The average Bonchev–Trinajstić information content (AvgIpc) is 2.07. The number of rotatable bonds is 0. The van der Waals surface area contributed by atoms with Crippen molar-refractivity contribution in [2.75, 3.05) is 0 Å². The van der Waals surface area contributed by atoms with Crippen molar-refractivity contribution >= 4 is 34.1 Å². The number of hydrogen-bond donors (Lipinski definition) is 0. The Labute approximate surface area is 90.5 Å². The van der Waals surface area contributed by atoms with Crippen molar-refractivity contribution in [3.63, 3.8) is 0 Å². The lowest BCUT2D eigenvalue weighted by Gasteiger charge is -2.03. The van der Waals surface area contributed by atoms with Gasteiger partial charge in [-0.25, -0.2) is 9.37 Å². The molecule has 0 N–H and O–H groups in total. The number of hydrogen-bond acceptors (Lipinski definition) is 1. The molecule has 1 nitrogen and oxygen atoms in total. The molecule has 0 radical (unpaired) electrons. The molecule has 0 fully saturated rings. The maximum atomic E-state index is 13.4. The summed E-state index contributed by atoms with van der Waals surface area (Å²) in [6.07, 6.45) is 0. The first-order valence-electron chi connectivity index (χ1n) is 4.00. The fourth-order valence-electron chi connectivity index (χ4n) is 1.33. The number of nitrogens with zero attached hydrogens (tertiary/aromatic N) is 1. The van der Waals surface area contributed by atoms with Gasteiger partial charge in [-0.15, -0.1) is 0 Å². The van der Waals surface area contributed by atoms with E-state index in [1.54, 1.807) is 19.1 Å². The van der Waals surface area contributed by atoms with Gasteiger partial charge in [0.15, 0.2) is 5.82 Å². The number of halogens is 3. The van der Waals surface area contributed by atoms with Gasteiger partial charge in [-0.1, -0.05) is 23.2 Å². The van der Waals surface area contributed by atoms with E-state index >= 15 is 0 Å². The van der Waals surface area contributed by atoms with Gasteiger partial charge in [0, 0.05) is 16.1 Å². The van der Waals surface area contributed by atoms with E-state index in [2.05, 4.69) is 4.98 Å². The molecule has 0 amide bonds. The zero-order chi connectivity index (χ0) is 10.3. The molecule has 14 heavy (non-hydrogen) atoms. The summed E-state index contributed by atoms with van der Waals surface area (Å²) in [6, 6.07) is 4.51. The highest BCUT2D eigenvalue weighted by Gasteiger charge is 2.08. The molecule has 72 valence electrons. The number of fused-ring (bicyclic) bond motifs is 1. The van der Waals surface area contributed by atoms with Crippen LogP contribution in [0.2, 0.25) is 10.0 Å². The first-order chi connectivity index (χ1) is 6.58. The first kappa shape index (κ1) is 9.69. The van der Waals surface area contributed by atoms with Crippen LogP contribution in [0.25, 0.3) is 10.9 Å². The minimum Gasteiger partial charge on any atom is -0.250 e. The maximum Gasteiger partial charge on any atom is 0.150 e. The van der Waals surface area contributed by atoms with Gasteiger partial charge in [0.25, 0.3) is 0 Å². The molecule has 1 heterocycles. The Morgan fingerprint density at radius 1 is 1.21 bits per heavy atom. The zero-order valence-electron chi connectivity index (χ0n) is 7.31. The van der Waals surface area contributed by atoms with Crippen molar-refractivity contribution in [2.24, 2.45) is 0 Å². The van der Waals surface area contributed by atoms with E-state index in [0.29, 0.717) is 21.1 Å². The largest absolute Gasteiger partial charge is 0.250 e. The number of aromatic nitrogens is 1. The molecule has 0 saturated heterocycles. The van der Waals surface area contributed by atoms with Crippen LogP contribution in [-0.2, 0) is 0 Å². The van der Waals surface area contributed by atoms with Gasteiger partial charge in [0.05, 0.1) is 5.02 Å². The smallest absolute Gasteiger partial charge is 0.150 e. The Bertz CT molecular complexity index is 464. The van der Waals surface area contributed by atoms with Crippen molar-refractivity contribution < 1.29 is 4.39 Å². The molecule has 4 heteroatoms. The van der Waals surface area contributed by atoms with Crippen LogP contribution in [0.5, 0.6) is 0 Å². The third kappa shape index (κ3) is 1.56. The molecule has 1 aromatic carbocycles. The fourth-order valence-corrected chi connectivity index (χ4v) is 1.84. The van der Waals surface area contributed by atoms with Crippen LogP contribution in [0.15, 0.2) is 18.2 Å². The topological polar surface area (TPSA) is 12.9 Å². The Balaban J connectivity index is 2.94. The molecule has 0 aliphatic heterocycles. The van der Waals surface area contributed by atoms with E-state index in [1.165, 1.54) is 6.07 Å². The monoisotopic (exact) mass is 229 g/mol. The van der Waals surface area contributed by atoms with Crippen LogP contribution < -0.4 is 0 Å². The zero-order valence-corrected chi connectivity index (χ0v) is 8.83. The van der Waals surface area contributed by atoms with Crippen molar-refractivity contribution in [2.45, 2.75) is 6.92 Å². The Morgan fingerprint density at radius 2 is 1.93 bits per heavy atom. The maximum absolute atomic E-state index is 13.4. The number of pyridine rings is 1. The summed E-state index contributed by atoms with van der Waals surface area (Å²) in [5, 5.41) is 1.33. The van der Waals surface area contributed by atoms with Crippen LogP contribution in [0.3, 0.4) is 0 Å². The van der Waals surface area contributed by atoms with Gasteiger partial charge in [-0.05, 0) is 25.1 Å². The Kier molecular flexibility index (Phi) is 2.33. The van der Waals surface area contributed by atoms with E-state index in [1.807, 2.05) is 0 Å². The predicted octanol–water partition coefficient (Wildman–Crippen LogP) is 3.99. The number of aryl methyl sites for hydroxylation is 1. The number of benzene rings is 1. The normalized spacial score (nSPS) is 10.9. The van der Waals surface area contributed by atoms with Gasteiger partial charge in [0.2, 0.25) is 0 Å². The quantitative estimate of drug-likeness (QED) is 0.666. The second-order valence-corrected chi connectivity index (χ2v) is 3.87. The second kappa shape index (κ2) is 3.37. The van der Waals surface area contributed by atoms with Gasteiger partial charge in [-0.3, -0.25) is 0 Å². The van der Waals surface area contributed by atoms with E-state index in [4.69, 9.17) is 23.2 Å². The van der Waals surface area contributed by atoms with E-state index in [9.17, 15) is 4.39 Å². The van der Waals surface area contributed by atoms with Crippen LogP contribution in [0.1, 0.15) is 5.69 Å². The van der Waals surface area contributed by atoms with Crippen molar-refractivity contribution in [3.05, 3.63) is 39.8 Å². The highest BCUT2D eigenvalue weighted by molar-refractivity contribution is 6.36. The lowest BCUT2D eigenvalue weighted by molar-refractivity contribution is 0.636. The molecule has 2 rings (SSSR count). The van der Waals surface area contributed by atoms with Gasteiger partial charge >= 0.3 is 0 Å². The minimum atomic E-state index is -0.446. The highest BCUT2D eigenvalue weighted by Crippen LogP contribution is 2.27. The highest BCUT2D eigenvalue weighted by atomic mass is 35.5. The van der Waals surface area contributed by atoms with Crippen molar-refractivity contribution in [3.8, 4) is 0 Å². The molecular formula is C10H6Cl2FN. The van der Waals surface area contributed by atoms with Crippen LogP contribution >= 0.6 is 23.2 Å². The summed E-state index contributed by atoms with van der Waals surface area (Å²) >= 11 is 11.7. The molecule has 2 aromatic rings. The molecule has 0 unspecified atom stereocenters. The third-order valence-electron chi connectivity index (χ3n) is 1.91. The Hall–Kier alpha value is -0.860. The molecule has 0 bridgehead atoms. The first-order valence-corrected chi connectivity index (χ1v) is 4.75. The molecular weight excluding hydrogens is 224 g/mol. The third-order valence-corrected chi connectivity index (χ3v) is 2.44. The predicted molar refractivity (Wildman–Crippen MR) is 56.5 cm³/mol. The summed E-state index contributed by atoms with van der Waals surface area (Å²) in [5.41, 5.74) is 0.947. The summed E-state index contributed by atoms with van der Waals surface area (Å²) in [5.74, 6) is -0.446. The average molecular weight is 230 g/mol. The second-order valence-electron chi connectivity index (χ2n) is 3.03. The van der Waals surface area contributed by atoms with Gasteiger partial charge < -0.3 is 0 Å². The van der Waals surface area contributed by atoms with Crippen molar-refractivity contribution in [1.82, 2.24) is 4.98 Å². The molecule has 0 aliphatic carbocycles. The minimum absolute atomic E-state index is 0.263. The Morgan fingerprint density at radius 3 is 2.64 bits per heavy atom. The van der Waals surface area contributed by atoms with E-state index < -0.39 is 5.82 Å². The molecule has 1 aromatic heterocycles. The molecule has 0 spiro atoms. The van der Waals surface area contributed by atoms with E-state index in [0.717, 1.165) is 0 Å². The van der Waals surface area contributed by atoms with Crippen LogP contribution in [0.4, 0.5) is 4.39 Å². The van der Waals surface area contributed by atoms with Crippen LogP contribution in [-0.4, -0.2) is 4.98 Å². The summed E-state index contributed by atoms with van der Waals surface area (Å²) in [4.78, 5) is 4.06. The standard InChI is InChI=1S/C10H6Cl2FN/c1-5-2-8(12)7-3-6(11)4-9(13)10(7)14-5/h2-4H,1H3. The van der Waals surface area contributed by atoms with E-state index in [-0.39, 0.29) is 5.52 Å². The summed E-state index contributed by atoms with van der Waals surface area (Å²) in [7, 11) is 0. The SMILES string of the molecule is Cc1cc(Cl)c2cc(Cl)cc(F)c2n1. The van der Waals surface area contributed by atoms with Gasteiger partial charge in [-0.2, -0.15) is 0 Å². The van der Waals surface area contributed by atoms with Crippen molar-refractivity contribution in [1.29, 1.82) is 0 Å². The lowest BCUT2D eigenvalue weighted by Crippen LogP contribution is -1.88. The molecule has 0 aliphatic rings. The van der Waals surface area contributed by atoms with Crippen LogP contribution in [0, 0.1) is 12.7 Å².